The van der Waals surface area contributed by atoms with Gasteiger partial charge in [0.15, 0.2) is 23.1 Å². The van der Waals surface area contributed by atoms with Crippen molar-refractivity contribution in [1.29, 1.82) is 0 Å². The number of ether oxygens (including phenoxy) is 3. The van der Waals surface area contributed by atoms with Gasteiger partial charge in [-0.2, -0.15) is 0 Å². The third-order valence-electron chi connectivity index (χ3n) is 6.34. The highest BCUT2D eigenvalue weighted by Crippen LogP contribution is 2.37. The number of nitrogens with zero attached hydrogens (tertiary/aromatic N) is 1. The van der Waals surface area contributed by atoms with Gasteiger partial charge < -0.3 is 19.5 Å². The lowest BCUT2D eigenvalue weighted by molar-refractivity contribution is 0.0919. The lowest BCUT2D eigenvalue weighted by Gasteiger charge is -2.28. The molecule has 0 saturated heterocycles. The van der Waals surface area contributed by atoms with Crippen LogP contribution in [0, 0.1) is 11.7 Å². The number of rotatable bonds is 7. The first kappa shape index (κ1) is 22.8. The van der Waals surface area contributed by atoms with Gasteiger partial charge in [-0.3, -0.25) is 9.78 Å². The number of carbonyl (C=O) groups excluding carboxylic acids is 1. The summed E-state index contributed by atoms with van der Waals surface area (Å²) >= 11 is 0. The lowest BCUT2D eigenvalue weighted by atomic mass is 9.84. The second kappa shape index (κ2) is 10.1. The van der Waals surface area contributed by atoms with Gasteiger partial charge in [0.1, 0.15) is 5.75 Å². The molecule has 174 valence electrons. The van der Waals surface area contributed by atoms with Gasteiger partial charge in [-0.1, -0.05) is 19.3 Å². The van der Waals surface area contributed by atoms with Gasteiger partial charge in [-0.25, -0.2) is 4.39 Å². The van der Waals surface area contributed by atoms with Crippen LogP contribution in [-0.2, 0) is 0 Å². The Bertz CT molecular complexity index is 1140. The molecule has 6 nitrogen and oxygen atoms in total. The molecule has 1 amide bonds. The SMILES string of the molecule is COc1cc2nccc(Oc3cc(C(=O)N[C@H](C)C4CCCCC4)ccc3F)c2cc1OC. The number of nitrogens with one attached hydrogen (secondary N) is 1. The molecular weight excluding hydrogens is 423 g/mol. The van der Waals surface area contributed by atoms with E-state index < -0.39 is 5.82 Å². The van der Waals surface area contributed by atoms with Crippen molar-refractivity contribution in [3.8, 4) is 23.0 Å². The number of halogens is 1. The van der Waals surface area contributed by atoms with Gasteiger partial charge in [-0.15, -0.1) is 0 Å². The number of hydrogen-bond donors (Lipinski definition) is 1. The van der Waals surface area contributed by atoms with Gasteiger partial charge in [0.05, 0.1) is 19.7 Å². The fourth-order valence-electron chi connectivity index (χ4n) is 4.42. The molecule has 1 aliphatic rings. The number of fused-ring (bicyclic) bond motifs is 1. The van der Waals surface area contributed by atoms with E-state index in [-0.39, 0.29) is 17.7 Å². The molecule has 7 heteroatoms. The molecule has 1 saturated carbocycles. The summed E-state index contributed by atoms with van der Waals surface area (Å²) in [6, 6.07) is 9.34. The summed E-state index contributed by atoms with van der Waals surface area (Å²) in [5.74, 6) is 1.10. The predicted octanol–water partition coefficient (Wildman–Crippen LogP) is 5.88. The second-order valence-electron chi connectivity index (χ2n) is 8.44. The first-order valence-electron chi connectivity index (χ1n) is 11.3. The molecule has 1 aliphatic carbocycles. The molecule has 1 fully saturated rings. The standard InChI is InChI=1S/C26H29FN2O4/c1-16(17-7-5-4-6-8-17)29-26(30)18-9-10-20(27)23(13-18)33-22-11-12-28-21-15-25(32-3)24(31-2)14-19(21)22/h9-17H,4-8H2,1-3H3,(H,29,30)/t16-/m1/s1. The van der Waals surface area contributed by atoms with E-state index in [9.17, 15) is 9.18 Å². The first-order chi connectivity index (χ1) is 16.0. The Labute approximate surface area is 193 Å². The fraction of sp³-hybridized carbons (Fsp3) is 0.385. The number of benzene rings is 2. The molecular formula is C26H29FN2O4. The largest absolute Gasteiger partial charge is 0.493 e. The molecule has 1 aromatic heterocycles. The van der Waals surface area contributed by atoms with E-state index in [1.165, 1.54) is 44.6 Å². The Morgan fingerprint density at radius 3 is 2.45 bits per heavy atom. The maximum atomic E-state index is 14.6. The number of pyridine rings is 1. The van der Waals surface area contributed by atoms with Gasteiger partial charge in [0, 0.05) is 29.3 Å². The highest BCUT2D eigenvalue weighted by molar-refractivity contribution is 5.95. The molecule has 3 aromatic rings. The van der Waals surface area contributed by atoms with Crippen molar-refractivity contribution < 1.29 is 23.4 Å². The average Bonchev–Trinajstić information content (AvgIpc) is 2.85. The third kappa shape index (κ3) is 5.02. The topological polar surface area (TPSA) is 69.7 Å². The van der Waals surface area contributed by atoms with Gasteiger partial charge in [-0.05, 0) is 56.0 Å². The quantitative estimate of drug-likeness (QED) is 0.485. The Balaban J connectivity index is 1.58. The summed E-state index contributed by atoms with van der Waals surface area (Å²) in [5, 5.41) is 3.71. The smallest absolute Gasteiger partial charge is 0.251 e. The van der Waals surface area contributed by atoms with E-state index in [2.05, 4.69) is 10.3 Å². The zero-order chi connectivity index (χ0) is 23.4. The zero-order valence-corrected chi connectivity index (χ0v) is 19.2. The van der Waals surface area contributed by atoms with Crippen molar-refractivity contribution in [3.63, 3.8) is 0 Å². The van der Waals surface area contributed by atoms with E-state index in [4.69, 9.17) is 14.2 Å². The number of carbonyl (C=O) groups is 1. The Kier molecular flexibility index (Phi) is 6.96. The molecule has 4 rings (SSSR count). The molecule has 1 N–H and O–H groups in total. The summed E-state index contributed by atoms with van der Waals surface area (Å²) < 4.78 is 31.2. The highest BCUT2D eigenvalue weighted by Gasteiger charge is 2.22. The predicted molar refractivity (Wildman–Crippen MR) is 125 cm³/mol. The third-order valence-corrected chi connectivity index (χ3v) is 6.34. The Hall–Kier alpha value is -3.35. The van der Waals surface area contributed by atoms with Crippen molar-refractivity contribution in [2.24, 2.45) is 5.92 Å². The van der Waals surface area contributed by atoms with Crippen LogP contribution in [0.25, 0.3) is 10.9 Å². The Morgan fingerprint density at radius 2 is 1.73 bits per heavy atom. The number of amides is 1. The van der Waals surface area contributed by atoms with Crippen LogP contribution in [-0.4, -0.2) is 31.2 Å². The second-order valence-corrected chi connectivity index (χ2v) is 8.44. The van der Waals surface area contributed by atoms with E-state index in [0.29, 0.717) is 39.6 Å². The minimum atomic E-state index is -0.558. The highest BCUT2D eigenvalue weighted by atomic mass is 19.1. The molecule has 0 bridgehead atoms. The summed E-state index contributed by atoms with van der Waals surface area (Å²) in [6.45, 7) is 2.04. The minimum Gasteiger partial charge on any atom is -0.493 e. The summed E-state index contributed by atoms with van der Waals surface area (Å²) in [4.78, 5) is 17.2. The van der Waals surface area contributed by atoms with Crippen LogP contribution < -0.4 is 19.5 Å². The zero-order valence-electron chi connectivity index (χ0n) is 19.2. The number of aromatic nitrogens is 1. The van der Waals surface area contributed by atoms with E-state index in [1.807, 2.05) is 6.92 Å². The molecule has 1 atom stereocenters. The van der Waals surface area contributed by atoms with E-state index >= 15 is 0 Å². The molecule has 0 unspecified atom stereocenters. The van der Waals surface area contributed by atoms with Gasteiger partial charge in [0.2, 0.25) is 0 Å². The molecule has 1 heterocycles. The fourth-order valence-corrected chi connectivity index (χ4v) is 4.42. The van der Waals surface area contributed by atoms with Crippen LogP contribution in [0.2, 0.25) is 0 Å². The molecule has 33 heavy (non-hydrogen) atoms. The number of hydrogen-bond acceptors (Lipinski definition) is 5. The monoisotopic (exact) mass is 452 g/mol. The van der Waals surface area contributed by atoms with Gasteiger partial charge >= 0.3 is 0 Å². The van der Waals surface area contributed by atoms with Crippen molar-refractivity contribution in [1.82, 2.24) is 10.3 Å². The van der Waals surface area contributed by atoms with E-state index in [1.54, 1.807) is 31.5 Å². The van der Waals surface area contributed by atoms with Crippen molar-refractivity contribution in [2.45, 2.75) is 45.1 Å². The van der Waals surface area contributed by atoms with Crippen molar-refractivity contribution >= 4 is 16.8 Å². The summed E-state index contributed by atoms with van der Waals surface area (Å²) in [5.41, 5.74) is 0.965. The molecule has 0 radical (unpaired) electrons. The van der Waals surface area contributed by atoms with Crippen LogP contribution >= 0.6 is 0 Å². The van der Waals surface area contributed by atoms with Crippen LogP contribution in [0.4, 0.5) is 4.39 Å². The first-order valence-corrected chi connectivity index (χ1v) is 11.3. The minimum absolute atomic E-state index is 0.0322. The maximum Gasteiger partial charge on any atom is 0.251 e. The normalized spacial score (nSPS) is 15.2. The average molecular weight is 453 g/mol. The summed E-state index contributed by atoms with van der Waals surface area (Å²) in [6.07, 6.45) is 7.50. The maximum absolute atomic E-state index is 14.6. The molecule has 0 aliphatic heterocycles. The molecule has 2 aromatic carbocycles. The van der Waals surface area contributed by atoms with Crippen LogP contribution in [0.15, 0.2) is 42.6 Å². The van der Waals surface area contributed by atoms with Crippen LogP contribution in [0.1, 0.15) is 49.4 Å². The van der Waals surface area contributed by atoms with Crippen LogP contribution in [0.5, 0.6) is 23.0 Å². The Morgan fingerprint density at radius 1 is 1.00 bits per heavy atom. The summed E-state index contributed by atoms with van der Waals surface area (Å²) in [7, 11) is 3.09. The number of methoxy groups -OCH3 is 2. The molecule has 0 spiro atoms. The van der Waals surface area contributed by atoms with Crippen LogP contribution in [0.3, 0.4) is 0 Å². The lowest BCUT2D eigenvalue weighted by Crippen LogP contribution is -2.38. The van der Waals surface area contributed by atoms with Crippen molar-refractivity contribution in [2.75, 3.05) is 14.2 Å². The van der Waals surface area contributed by atoms with Gasteiger partial charge in [0.25, 0.3) is 5.91 Å². The van der Waals surface area contributed by atoms with Crippen molar-refractivity contribution in [3.05, 3.63) is 54.0 Å². The van der Waals surface area contributed by atoms with E-state index in [0.717, 1.165) is 12.8 Å².